The number of rotatable bonds is 0. The molecule has 1 rings (SSSR count). The van der Waals surface area contributed by atoms with Gasteiger partial charge >= 0.3 is 0 Å². The molecule has 3 nitrogen and oxygen atoms in total. The second-order valence-electron chi connectivity index (χ2n) is 2.80. The van der Waals surface area contributed by atoms with Crippen LogP contribution in [0, 0.1) is 5.92 Å². The minimum absolute atomic E-state index is 0.267. The van der Waals surface area contributed by atoms with Gasteiger partial charge in [-0.1, -0.05) is 20.8 Å². The zero-order chi connectivity index (χ0) is 10.9. The van der Waals surface area contributed by atoms with Gasteiger partial charge in [0.05, 0.1) is 0 Å². The van der Waals surface area contributed by atoms with E-state index in [1.165, 1.54) is 13.5 Å². The van der Waals surface area contributed by atoms with Crippen molar-refractivity contribution in [2.24, 2.45) is 11.7 Å². The minimum Gasteiger partial charge on any atom is -0.346 e. The Morgan fingerprint density at radius 1 is 1.38 bits per heavy atom. The number of carbonyl (C=O) groups is 1. The summed E-state index contributed by atoms with van der Waals surface area (Å²) in [7, 11) is 3.37. The average molecular weight is 188 g/mol. The standard InChI is InChI=1S/C7H13NO.C2H6.CH5N/c1-6-4-3-5-8(2)7(6)9;2*1-2/h6H,3-5H2,1-2H3;1-2H3;2H2,1H3. The van der Waals surface area contributed by atoms with Gasteiger partial charge in [-0.3, -0.25) is 4.79 Å². The van der Waals surface area contributed by atoms with E-state index in [9.17, 15) is 4.79 Å². The monoisotopic (exact) mass is 188 g/mol. The van der Waals surface area contributed by atoms with Crippen molar-refractivity contribution >= 4 is 5.91 Å². The molecule has 0 bridgehead atoms. The Morgan fingerprint density at radius 3 is 2.15 bits per heavy atom. The summed E-state index contributed by atoms with van der Waals surface area (Å²) < 4.78 is 0. The van der Waals surface area contributed by atoms with Gasteiger partial charge in [-0.05, 0) is 19.9 Å². The summed E-state index contributed by atoms with van der Waals surface area (Å²) in [6.07, 6.45) is 2.24. The first kappa shape index (κ1) is 14.9. The second-order valence-corrected chi connectivity index (χ2v) is 2.80. The maximum atomic E-state index is 11.1. The van der Waals surface area contributed by atoms with Crippen LogP contribution in [0.1, 0.15) is 33.6 Å². The van der Waals surface area contributed by atoms with Crippen molar-refractivity contribution in [3.63, 3.8) is 0 Å². The quantitative estimate of drug-likeness (QED) is 0.626. The van der Waals surface area contributed by atoms with Gasteiger partial charge in [0.15, 0.2) is 0 Å². The highest BCUT2D eigenvalue weighted by Crippen LogP contribution is 2.14. The number of carbonyl (C=O) groups excluding carboxylic acids is 1. The fourth-order valence-corrected chi connectivity index (χ4v) is 1.24. The van der Waals surface area contributed by atoms with Gasteiger partial charge in [0.25, 0.3) is 0 Å². The first-order valence-electron chi connectivity index (χ1n) is 5.04. The van der Waals surface area contributed by atoms with Crippen LogP contribution in [-0.4, -0.2) is 31.4 Å². The van der Waals surface area contributed by atoms with E-state index in [2.05, 4.69) is 5.73 Å². The van der Waals surface area contributed by atoms with E-state index in [-0.39, 0.29) is 5.92 Å². The minimum atomic E-state index is 0.267. The van der Waals surface area contributed by atoms with Crippen LogP contribution in [0.15, 0.2) is 0 Å². The Labute approximate surface area is 82.3 Å². The number of piperidine rings is 1. The molecule has 80 valence electrons. The van der Waals surface area contributed by atoms with E-state index in [0.29, 0.717) is 5.91 Å². The first-order chi connectivity index (χ1) is 6.22. The van der Waals surface area contributed by atoms with Crippen LogP contribution >= 0.6 is 0 Å². The number of hydrogen-bond donors (Lipinski definition) is 1. The highest BCUT2D eigenvalue weighted by Gasteiger charge is 2.21. The van der Waals surface area contributed by atoms with Crippen molar-refractivity contribution in [3.8, 4) is 0 Å². The fourth-order valence-electron chi connectivity index (χ4n) is 1.24. The third kappa shape index (κ3) is 5.64. The molecular formula is C10H24N2O. The molecule has 0 radical (unpaired) electrons. The third-order valence-electron chi connectivity index (χ3n) is 1.93. The molecule has 0 aliphatic carbocycles. The normalized spacial score (nSPS) is 20.9. The maximum absolute atomic E-state index is 11.1. The van der Waals surface area contributed by atoms with Gasteiger partial charge in [-0.25, -0.2) is 0 Å². The maximum Gasteiger partial charge on any atom is 0.225 e. The number of nitrogens with two attached hydrogens (primary N) is 1. The fraction of sp³-hybridized carbons (Fsp3) is 0.900. The number of hydrogen-bond acceptors (Lipinski definition) is 2. The van der Waals surface area contributed by atoms with Gasteiger partial charge < -0.3 is 10.6 Å². The number of amides is 1. The van der Waals surface area contributed by atoms with Crippen LogP contribution in [0.2, 0.25) is 0 Å². The lowest BCUT2D eigenvalue weighted by Crippen LogP contribution is -2.36. The van der Waals surface area contributed by atoms with Crippen LogP contribution in [0.25, 0.3) is 0 Å². The van der Waals surface area contributed by atoms with E-state index in [0.717, 1.165) is 13.0 Å². The SMILES string of the molecule is CC.CC1CCCN(C)C1=O.CN. The zero-order valence-electron chi connectivity index (χ0n) is 9.63. The first-order valence-corrected chi connectivity index (χ1v) is 5.04. The molecule has 1 aliphatic heterocycles. The van der Waals surface area contributed by atoms with E-state index in [4.69, 9.17) is 0 Å². The summed E-state index contributed by atoms with van der Waals surface area (Å²) in [6, 6.07) is 0. The molecule has 2 N–H and O–H groups in total. The molecule has 1 aliphatic rings. The largest absolute Gasteiger partial charge is 0.346 e. The smallest absolute Gasteiger partial charge is 0.225 e. The molecule has 1 saturated heterocycles. The molecule has 0 aromatic heterocycles. The lowest BCUT2D eigenvalue weighted by Gasteiger charge is -2.26. The van der Waals surface area contributed by atoms with Crippen LogP contribution in [-0.2, 0) is 4.79 Å². The van der Waals surface area contributed by atoms with Gasteiger partial charge in [0.2, 0.25) is 5.91 Å². The summed E-state index contributed by atoms with van der Waals surface area (Å²) in [5, 5.41) is 0. The highest BCUT2D eigenvalue weighted by atomic mass is 16.2. The second kappa shape index (κ2) is 9.52. The molecule has 0 aromatic rings. The molecule has 3 heteroatoms. The van der Waals surface area contributed by atoms with Crippen LogP contribution < -0.4 is 5.73 Å². The van der Waals surface area contributed by atoms with E-state index in [1.54, 1.807) is 0 Å². The van der Waals surface area contributed by atoms with Crippen LogP contribution in [0.5, 0.6) is 0 Å². The molecule has 0 saturated carbocycles. The molecule has 0 spiro atoms. The predicted molar refractivity (Wildman–Crippen MR) is 57.5 cm³/mol. The van der Waals surface area contributed by atoms with Crippen molar-refractivity contribution < 1.29 is 4.79 Å². The lowest BCUT2D eigenvalue weighted by molar-refractivity contribution is -0.136. The topological polar surface area (TPSA) is 46.3 Å². The summed E-state index contributed by atoms with van der Waals surface area (Å²) in [5.74, 6) is 0.574. The molecule has 1 amide bonds. The van der Waals surface area contributed by atoms with Crippen LogP contribution in [0.3, 0.4) is 0 Å². The Hall–Kier alpha value is -0.570. The molecule has 0 aromatic carbocycles. The molecule has 1 unspecified atom stereocenters. The van der Waals surface area contributed by atoms with Crippen molar-refractivity contribution in [2.75, 3.05) is 20.6 Å². The molecule has 1 fully saturated rings. The summed E-state index contributed by atoms with van der Waals surface area (Å²) in [6.45, 7) is 6.95. The zero-order valence-corrected chi connectivity index (χ0v) is 9.63. The summed E-state index contributed by atoms with van der Waals surface area (Å²) in [4.78, 5) is 12.9. The average Bonchev–Trinajstić information content (AvgIpc) is 2.20. The van der Waals surface area contributed by atoms with E-state index in [1.807, 2.05) is 32.7 Å². The van der Waals surface area contributed by atoms with Crippen molar-refractivity contribution in [3.05, 3.63) is 0 Å². The summed E-state index contributed by atoms with van der Waals surface area (Å²) in [5.41, 5.74) is 4.50. The lowest BCUT2D eigenvalue weighted by atomic mass is 10.0. The molecular weight excluding hydrogens is 164 g/mol. The molecule has 1 atom stereocenters. The third-order valence-corrected chi connectivity index (χ3v) is 1.93. The Morgan fingerprint density at radius 2 is 1.85 bits per heavy atom. The van der Waals surface area contributed by atoms with Gasteiger partial charge in [-0.2, -0.15) is 0 Å². The Bertz CT molecular complexity index is 114. The Balaban J connectivity index is 0. The van der Waals surface area contributed by atoms with Gasteiger partial charge in [0, 0.05) is 19.5 Å². The highest BCUT2D eigenvalue weighted by molar-refractivity contribution is 5.78. The summed E-state index contributed by atoms with van der Waals surface area (Å²) >= 11 is 0. The predicted octanol–water partition coefficient (Wildman–Crippen LogP) is 1.48. The number of nitrogens with zero attached hydrogens (tertiary/aromatic N) is 1. The molecule has 1 heterocycles. The van der Waals surface area contributed by atoms with Crippen molar-refractivity contribution in [1.82, 2.24) is 4.90 Å². The Kier molecular flexibility index (Phi) is 10.9. The molecule has 13 heavy (non-hydrogen) atoms. The van der Waals surface area contributed by atoms with Gasteiger partial charge in [-0.15, -0.1) is 0 Å². The van der Waals surface area contributed by atoms with Crippen LogP contribution in [0.4, 0.5) is 0 Å². The van der Waals surface area contributed by atoms with Crippen molar-refractivity contribution in [2.45, 2.75) is 33.6 Å². The van der Waals surface area contributed by atoms with E-state index < -0.39 is 0 Å². The van der Waals surface area contributed by atoms with E-state index >= 15 is 0 Å². The number of likely N-dealkylation sites (tertiary alicyclic amines) is 1. The van der Waals surface area contributed by atoms with Gasteiger partial charge in [0.1, 0.15) is 0 Å². The van der Waals surface area contributed by atoms with Crippen molar-refractivity contribution in [1.29, 1.82) is 0 Å².